The molecule has 8 nitrogen and oxygen atoms in total. The van der Waals surface area contributed by atoms with Crippen LogP contribution in [0.15, 0.2) is 60.9 Å². The number of H-pyrrole nitrogens is 1. The predicted octanol–water partition coefficient (Wildman–Crippen LogP) is 3.70. The van der Waals surface area contributed by atoms with Gasteiger partial charge in [-0.15, -0.1) is 0 Å². The first kappa shape index (κ1) is 21.6. The lowest BCUT2D eigenvalue weighted by atomic mass is 10.1. The molecule has 5 rings (SSSR count). The zero-order chi connectivity index (χ0) is 23.5. The number of anilines is 1. The lowest BCUT2D eigenvalue weighted by Gasteiger charge is -2.08. The molecule has 0 unspecified atom stereocenters. The van der Waals surface area contributed by atoms with Crippen molar-refractivity contribution in [2.24, 2.45) is 11.7 Å². The number of carbonyl (C=O) groups is 1. The van der Waals surface area contributed by atoms with Crippen LogP contribution in [0.1, 0.15) is 34.3 Å². The molecule has 2 aromatic carbocycles. The first-order chi connectivity index (χ1) is 16.6. The number of nitrogen functional groups attached to an aromatic ring is 1. The molecular formula is C26H27N7O. The third kappa shape index (κ3) is 4.91. The van der Waals surface area contributed by atoms with Crippen molar-refractivity contribution in [3.63, 3.8) is 0 Å². The summed E-state index contributed by atoms with van der Waals surface area (Å²) in [6.07, 6.45) is 6.73. The van der Waals surface area contributed by atoms with Gasteiger partial charge in [-0.25, -0.2) is 9.97 Å². The van der Waals surface area contributed by atoms with Crippen LogP contribution in [-0.2, 0) is 6.42 Å². The Bertz CT molecular complexity index is 1340. The molecule has 0 radical (unpaired) electrons. The highest BCUT2D eigenvalue weighted by molar-refractivity contribution is 6.07. The number of rotatable bonds is 9. The third-order valence-electron chi connectivity index (χ3n) is 6.08. The average Bonchev–Trinajstić information content (AvgIpc) is 3.59. The number of hydrogen-bond donors (Lipinski definition) is 5. The van der Waals surface area contributed by atoms with Crippen molar-refractivity contribution in [1.29, 1.82) is 5.41 Å². The van der Waals surface area contributed by atoms with E-state index in [2.05, 4.69) is 25.6 Å². The largest absolute Gasteiger partial charge is 0.384 e. The van der Waals surface area contributed by atoms with Crippen molar-refractivity contribution >= 4 is 28.6 Å². The molecule has 0 aliphatic heterocycles. The monoisotopic (exact) mass is 453 g/mol. The zero-order valence-electron chi connectivity index (χ0n) is 18.8. The van der Waals surface area contributed by atoms with Gasteiger partial charge in [-0.05, 0) is 61.1 Å². The number of fused-ring (bicyclic) bond motifs is 1. The van der Waals surface area contributed by atoms with Crippen LogP contribution in [0.3, 0.4) is 0 Å². The van der Waals surface area contributed by atoms with Gasteiger partial charge >= 0.3 is 0 Å². The van der Waals surface area contributed by atoms with E-state index < -0.39 is 0 Å². The summed E-state index contributed by atoms with van der Waals surface area (Å²) in [7, 11) is 0. The van der Waals surface area contributed by atoms with Gasteiger partial charge in [0.05, 0.1) is 5.69 Å². The fraction of sp³-hybridized carbons (Fsp3) is 0.231. The average molecular weight is 454 g/mol. The highest BCUT2D eigenvalue weighted by Gasteiger charge is 2.21. The number of hydrogen-bond acceptors (Lipinski definition) is 5. The second-order valence-corrected chi connectivity index (χ2v) is 8.67. The summed E-state index contributed by atoms with van der Waals surface area (Å²) in [6, 6.07) is 15.3. The van der Waals surface area contributed by atoms with Gasteiger partial charge in [-0.2, -0.15) is 0 Å². The van der Waals surface area contributed by atoms with E-state index in [-0.39, 0.29) is 11.7 Å². The van der Waals surface area contributed by atoms with Crippen LogP contribution in [0, 0.1) is 11.3 Å². The number of aromatic amines is 1. The van der Waals surface area contributed by atoms with E-state index in [0.717, 1.165) is 40.2 Å². The molecule has 34 heavy (non-hydrogen) atoms. The molecule has 0 bridgehead atoms. The molecule has 2 heterocycles. The van der Waals surface area contributed by atoms with Gasteiger partial charge in [-0.3, -0.25) is 10.2 Å². The molecule has 0 spiro atoms. The number of aromatic nitrogens is 3. The quantitative estimate of drug-likeness (QED) is 0.195. The smallest absolute Gasteiger partial charge is 0.251 e. The van der Waals surface area contributed by atoms with Gasteiger partial charge in [-0.1, -0.05) is 18.2 Å². The van der Waals surface area contributed by atoms with Crippen LogP contribution >= 0.6 is 0 Å². The SMILES string of the molecule is N=C(N)c1c[nH]c2ccc(CCNC(=O)c3ccc(-c4ccnc(NCC5CC5)n4)cc3)cc12. The molecule has 6 N–H and O–H groups in total. The minimum absolute atomic E-state index is 0.0351. The minimum atomic E-state index is -0.117. The number of carbonyl (C=O) groups excluding carboxylic acids is 1. The summed E-state index contributed by atoms with van der Waals surface area (Å²) in [5.74, 6) is 1.31. The number of nitrogens with zero attached hydrogens (tertiary/aromatic N) is 2. The highest BCUT2D eigenvalue weighted by Crippen LogP contribution is 2.28. The van der Waals surface area contributed by atoms with Gasteiger partial charge in [0.15, 0.2) is 0 Å². The Balaban J connectivity index is 1.18. The summed E-state index contributed by atoms with van der Waals surface area (Å²) in [4.78, 5) is 24.6. The molecule has 0 saturated heterocycles. The molecule has 1 aliphatic rings. The Labute approximate surface area is 197 Å². The second kappa shape index (κ2) is 9.35. The van der Waals surface area contributed by atoms with E-state index in [1.54, 1.807) is 12.4 Å². The Morgan fingerprint density at radius 3 is 2.74 bits per heavy atom. The maximum Gasteiger partial charge on any atom is 0.251 e. The summed E-state index contributed by atoms with van der Waals surface area (Å²) < 4.78 is 0. The number of nitrogens with two attached hydrogens (primary N) is 1. The van der Waals surface area contributed by atoms with Crippen LogP contribution in [0.5, 0.6) is 0 Å². The molecule has 8 heteroatoms. The number of benzene rings is 2. The summed E-state index contributed by atoms with van der Waals surface area (Å²) in [5.41, 5.74) is 10.7. The molecule has 0 atom stereocenters. The number of amidine groups is 1. The first-order valence-electron chi connectivity index (χ1n) is 11.5. The van der Waals surface area contributed by atoms with Crippen LogP contribution < -0.4 is 16.4 Å². The van der Waals surface area contributed by atoms with Gasteiger partial charge in [0.1, 0.15) is 5.84 Å². The molecule has 1 saturated carbocycles. The lowest BCUT2D eigenvalue weighted by molar-refractivity contribution is 0.0954. The van der Waals surface area contributed by atoms with Crippen molar-refractivity contribution in [3.05, 3.63) is 77.6 Å². The molecular weight excluding hydrogens is 426 g/mol. The van der Waals surface area contributed by atoms with Gasteiger partial charge in [0, 0.05) is 53.1 Å². The van der Waals surface area contributed by atoms with E-state index in [1.807, 2.05) is 48.5 Å². The van der Waals surface area contributed by atoms with Crippen LogP contribution in [0.25, 0.3) is 22.2 Å². The molecule has 2 aromatic heterocycles. The Kier molecular flexibility index (Phi) is 5.95. The topological polar surface area (TPSA) is 133 Å². The van der Waals surface area contributed by atoms with Crippen molar-refractivity contribution in [2.45, 2.75) is 19.3 Å². The van der Waals surface area contributed by atoms with Crippen LogP contribution in [0.2, 0.25) is 0 Å². The number of nitrogens with one attached hydrogen (secondary N) is 4. The van der Waals surface area contributed by atoms with Gasteiger partial charge < -0.3 is 21.4 Å². The molecule has 1 fully saturated rings. The standard InChI is InChI=1S/C26H27N7O/c27-24(28)21-15-31-23-8-3-16(13-20(21)23)9-11-29-25(34)19-6-4-18(5-7-19)22-10-12-30-26(33-22)32-14-17-1-2-17/h3-8,10,12-13,15,17,31H,1-2,9,11,14H2,(H3,27,28)(H,29,34)(H,30,32,33). The fourth-order valence-corrected chi connectivity index (χ4v) is 3.92. The van der Waals surface area contributed by atoms with Crippen LogP contribution in [0.4, 0.5) is 5.95 Å². The molecule has 1 amide bonds. The Morgan fingerprint density at radius 1 is 1.15 bits per heavy atom. The minimum Gasteiger partial charge on any atom is -0.384 e. The lowest BCUT2D eigenvalue weighted by Crippen LogP contribution is -2.25. The second-order valence-electron chi connectivity index (χ2n) is 8.67. The van der Waals surface area contributed by atoms with Crippen LogP contribution in [-0.4, -0.2) is 39.8 Å². The van der Waals surface area contributed by atoms with E-state index in [0.29, 0.717) is 30.0 Å². The Morgan fingerprint density at radius 2 is 1.97 bits per heavy atom. The maximum atomic E-state index is 12.6. The van der Waals surface area contributed by atoms with Gasteiger partial charge in [0.25, 0.3) is 5.91 Å². The van der Waals surface area contributed by atoms with Gasteiger partial charge in [0.2, 0.25) is 5.95 Å². The first-order valence-corrected chi connectivity index (χ1v) is 11.5. The normalized spacial score (nSPS) is 13.1. The molecule has 4 aromatic rings. The molecule has 1 aliphatic carbocycles. The van der Waals surface area contributed by atoms with E-state index >= 15 is 0 Å². The van der Waals surface area contributed by atoms with E-state index in [1.165, 1.54) is 12.8 Å². The number of amides is 1. The van der Waals surface area contributed by atoms with Crippen molar-refractivity contribution < 1.29 is 4.79 Å². The highest BCUT2D eigenvalue weighted by atomic mass is 16.1. The summed E-state index contributed by atoms with van der Waals surface area (Å²) in [6.45, 7) is 1.42. The summed E-state index contributed by atoms with van der Waals surface area (Å²) >= 11 is 0. The summed E-state index contributed by atoms with van der Waals surface area (Å²) in [5, 5.41) is 14.9. The Hall–Kier alpha value is -4.20. The van der Waals surface area contributed by atoms with E-state index in [9.17, 15) is 4.79 Å². The van der Waals surface area contributed by atoms with Crippen molar-refractivity contribution in [2.75, 3.05) is 18.4 Å². The zero-order valence-corrected chi connectivity index (χ0v) is 18.8. The predicted molar refractivity (Wildman–Crippen MR) is 134 cm³/mol. The van der Waals surface area contributed by atoms with Crippen molar-refractivity contribution in [1.82, 2.24) is 20.3 Å². The maximum absolute atomic E-state index is 12.6. The molecule has 172 valence electrons. The fourth-order valence-electron chi connectivity index (χ4n) is 3.92. The van der Waals surface area contributed by atoms with E-state index in [4.69, 9.17) is 11.1 Å². The third-order valence-corrected chi connectivity index (χ3v) is 6.08. The van der Waals surface area contributed by atoms with Crippen molar-refractivity contribution in [3.8, 4) is 11.3 Å².